The monoisotopic (exact) mass is 219 g/mol. The normalized spacial score (nSPS) is 16.7. The number of hydrogen-bond donors (Lipinski definition) is 1. The van der Waals surface area contributed by atoms with Gasteiger partial charge in [-0.1, -0.05) is 42.5 Å². The standard InChI is InChI=1S/C16H13N/c17-14-9-7-12-5-4-10-2-1-3-11-6-8-13(14)16(12)15(10)11/h1-3,5-6,8-9H,4,7,17H2. The van der Waals surface area contributed by atoms with Crippen molar-refractivity contribution in [1.29, 1.82) is 0 Å². The molecule has 1 heteroatoms. The molecule has 2 aromatic rings. The third kappa shape index (κ3) is 1.09. The zero-order valence-corrected chi connectivity index (χ0v) is 9.53. The van der Waals surface area contributed by atoms with Gasteiger partial charge < -0.3 is 5.73 Å². The van der Waals surface area contributed by atoms with E-state index in [1.54, 1.807) is 0 Å². The third-order valence-corrected chi connectivity index (χ3v) is 3.87. The quantitative estimate of drug-likeness (QED) is 0.721. The number of rotatable bonds is 0. The molecular formula is C16H13N. The minimum Gasteiger partial charge on any atom is -0.398 e. The van der Waals surface area contributed by atoms with Crippen molar-refractivity contribution < 1.29 is 0 Å². The molecule has 0 unspecified atom stereocenters. The smallest absolute Gasteiger partial charge is 0.0356 e. The molecule has 2 aliphatic rings. The van der Waals surface area contributed by atoms with E-state index in [1.807, 2.05) is 0 Å². The van der Waals surface area contributed by atoms with Crippen molar-refractivity contribution in [3.8, 4) is 0 Å². The van der Waals surface area contributed by atoms with Crippen LogP contribution in [0.15, 0.2) is 42.5 Å². The largest absolute Gasteiger partial charge is 0.398 e. The van der Waals surface area contributed by atoms with Crippen molar-refractivity contribution in [1.82, 2.24) is 0 Å². The van der Waals surface area contributed by atoms with Crippen LogP contribution in [0.2, 0.25) is 0 Å². The Morgan fingerprint density at radius 2 is 1.88 bits per heavy atom. The van der Waals surface area contributed by atoms with Gasteiger partial charge in [0.05, 0.1) is 0 Å². The number of benzene rings is 2. The first-order valence-electron chi connectivity index (χ1n) is 6.04. The van der Waals surface area contributed by atoms with Crippen molar-refractivity contribution in [2.24, 2.45) is 5.73 Å². The molecule has 0 radical (unpaired) electrons. The SMILES string of the molecule is NC1=CCC2=CCc3cccc4ccc1c2c34. The Labute approximate surface area is 100 Å². The average molecular weight is 219 g/mol. The van der Waals surface area contributed by atoms with Gasteiger partial charge in [-0.25, -0.2) is 0 Å². The Balaban J connectivity index is 2.25. The fourth-order valence-corrected chi connectivity index (χ4v) is 3.05. The minimum atomic E-state index is 0.927. The highest BCUT2D eigenvalue weighted by Crippen LogP contribution is 2.41. The molecule has 0 heterocycles. The van der Waals surface area contributed by atoms with E-state index in [9.17, 15) is 0 Å². The lowest BCUT2D eigenvalue weighted by Crippen LogP contribution is -2.09. The zero-order valence-electron chi connectivity index (χ0n) is 9.53. The summed E-state index contributed by atoms with van der Waals surface area (Å²) in [5.74, 6) is 0. The first kappa shape index (κ1) is 9.06. The molecule has 0 bridgehead atoms. The molecule has 0 fully saturated rings. The van der Waals surface area contributed by atoms with Gasteiger partial charge in [-0.05, 0) is 40.3 Å². The van der Waals surface area contributed by atoms with E-state index in [2.05, 4.69) is 42.5 Å². The van der Waals surface area contributed by atoms with Crippen LogP contribution in [0.25, 0.3) is 22.0 Å². The van der Waals surface area contributed by atoms with Crippen molar-refractivity contribution in [2.45, 2.75) is 12.8 Å². The Kier molecular flexibility index (Phi) is 1.60. The molecule has 0 saturated carbocycles. The average Bonchev–Trinajstić information content (AvgIpc) is 2.38. The summed E-state index contributed by atoms with van der Waals surface area (Å²) in [6, 6.07) is 10.9. The van der Waals surface area contributed by atoms with Gasteiger partial charge in [0.15, 0.2) is 0 Å². The van der Waals surface area contributed by atoms with Crippen molar-refractivity contribution in [3.05, 3.63) is 59.2 Å². The molecule has 4 rings (SSSR count). The van der Waals surface area contributed by atoms with Gasteiger partial charge in [-0.2, -0.15) is 0 Å². The van der Waals surface area contributed by atoms with E-state index in [1.165, 1.54) is 33.0 Å². The lowest BCUT2D eigenvalue weighted by atomic mass is 9.80. The predicted octanol–water partition coefficient (Wildman–Crippen LogP) is 3.48. The summed E-state index contributed by atoms with van der Waals surface area (Å²) in [6.45, 7) is 0. The zero-order chi connectivity index (χ0) is 11.4. The van der Waals surface area contributed by atoms with Crippen LogP contribution in [-0.2, 0) is 6.42 Å². The van der Waals surface area contributed by atoms with Gasteiger partial charge in [0.1, 0.15) is 0 Å². The van der Waals surface area contributed by atoms with Crippen LogP contribution in [0.1, 0.15) is 23.1 Å². The summed E-state index contributed by atoms with van der Waals surface area (Å²) in [4.78, 5) is 0. The van der Waals surface area contributed by atoms with Gasteiger partial charge in [-0.15, -0.1) is 0 Å². The van der Waals surface area contributed by atoms with Crippen LogP contribution in [0.4, 0.5) is 0 Å². The van der Waals surface area contributed by atoms with E-state index in [0.29, 0.717) is 0 Å². The topological polar surface area (TPSA) is 26.0 Å². The van der Waals surface area contributed by atoms with Crippen molar-refractivity contribution in [2.75, 3.05) is 0 Å². The number of nitrogens with two attached hydrogens (primary N) is 1. The van der Waals surface area contributed by atoms with Crippen LogP contribution < -0.4 is 5.73 Å². The second-order valence-electron chi connectivity index (χ2n) is 4.80. The summed E-state index contributed by atoms with van der Waals surface area (Å²) in [7, 11) is 0. The Bertz CT molecular complexity index is 705. The number of allylic oxidation sites excluding steroid dienone is 3. The molecule has 0 atom stereocenters. The molecule has 0 amide bonds. The van der Waals surface area contributed by atoms with E-state index >= 15 is 0 Å². The molecule has 2 N–H and O–H groups in total. The van der Waals surface area contributed by atoms with Crippen molar-refractivity contribution in [3.63, 3.8) is 0 Å². The van der Waals surface area contributed by atoms with Gasteiger partial charge in [-0.3, -0.25) is 0 Å². The summed E-state index contributed by atoms with van der Waals surface area (Å²) in [5, 5.41) is 2.75. The molecule has 2 aromatic carbocycles. The molecule has 0 saturated heterocycles. The third-order valence-electron chi connectivity index (χ3n) is 3.87. The maximum atomic E-state index is 6.11. The first-order chi connectivity index (χ1) is 8.34. The first-order valence-corrected chi connectivity index (χ1v) is 6.04. The highest BCUT2D eigenvalue weighted by atomic mass is 14.6. The van der Waals surface area contributed by atoms with E-state index in [-0.39, 0.29) is 0 Å². The molecule has 2 aliphatic carbocycles. The Morgan fingerprint density at radius 1 is 0.941 bits per heavy atom. The number of hydrogen-bond acceptors (Lipinski definition) is 1. The molecule has 0 aromatic heterocycles. The van der Waals surface area contributed by atoms with Crippen LogP contribution in [0, 0.1) is 0 Å². The maximum absolute atomic E-state index is 6.11. The minimum absolute atomic E-state index is 0.927. The van der Waals surface area contributed by atoms with E-state index in [0.717, 1.165) is 18.5 Å². The second-order valence-corrected chi connectivity index (χ2v) is 4.80. The fraction of sp³-hybridized carbons (Fsp3) is 0.125. The summed E-state index contributed by atoms with van der Waals surface area (Å²) >= 11 is 0. The molecule has 17 heavy (non-hydrogen) atoms. The predicted molar refractivity (Wildman–Crippen MR) is 72.4 cm³/mol. The van der Waals surface area contributed by atoms with Crippen molar-refractivity contribution >= 4 is 22.0 Å². The lowest BCUT2D eigenvalue weighted by Gasteiger charge is -2.25. The van der Waals surface area contributed by atoms with Crippen LogP contribution in [-0.4, -0.2) is 0 Å². The summed E-state index contributed by atoms with van der Waals surface area (Å²) in [6.07, 6.45) is 6.51. The fourth-order valence-electron chi connectivity index (χ4n) is 3.05. The molecule has 1 nitrogen and oxygen atoms in total. The van der Waals surface area contributed by atoms with Crippen LogP contribution >= 0.6 is 0 Å². The van der Waals surface area contributed by atoms with Gasteiger partial charge in [0.25, 0.3) is 0 Å². The molecule has 0 aliphatic heterocycles. The van der Waals surface area contributed by atoms with Gasteiger partial charge in [0, 0.05) is 11.3 Å². The Morgan fingerprint density at radius 3 is 2.82 bits per heavy atom. The highest BCUT2D eigenvalue weighted by molar-refractivity contribution is 6.03. The van der Waals surface area contributed by atoms with Gasteiger partial charge in [0.2, 0.25) is 0 Å². The maximum Gasteiger partial charge on any atom is 0.0356 e. The summed E-state index contributed by atoms with van der Waals surface area (Å²) < 4.78 is 0. The highest BCUT2D eigenvalue weighted by Gasteiger charge is 2.21. The van der Waals surface area contributed by atoms with Gasteiger partial charge >= 0.3 is 0 Å². The van der Waals surface area contributed by atoms with E-state index < -0.39 is 0 Å². The van der Waals surface area contributed by atoms with Crippen LogP contribution in [0.5, 0.6) is 0 Å². The lowest BCUT2D eigenvalue weighted by molar-refractivity contribution is 1.21. The van der Waals surface area contributed by atoms with Crippen LogP contribution in [0.3, 0.4) is 0 Å². The molecule has 0 spiro atoms. The second kappa shape index (κ2) is 3.01. The van der Waals surface area contributed by atoms with E-state index in [4.69, 9.17) is 5.73 Å². The summed E-state index contributed by atoms with van der Waals surface area (Å²) in [5.41, 5.74) is 12.5. The molecule has 82 valence electrons. The molecular weight excluding hydrogens is 206 g/mol. The Hall–Kier alpha value is -2.02.